The highest BCUT2D eigenvalue weighted by Crippen LogP contribution is 2.21. The second-order valence-corrected chi connectivity index (χ2v) is 5.26. The highest BCUT2D eigenvalue weighted by molar-refractivity contribution is 5.87. The molecule has 1 unspecified atom stereocenters. The highest BCUT2D eigenvalue weighted by atomic mass is 16.4. The average molecular weight is 263 g/mol. The van der Waals surface area contributed by atoms with E-state index in [1.807, 2.05) is 6.07 Å². The van der Waals surface area contributed by atoms with Gasteiger partial charge in [-0.1, -0.05) is 12.1 Å². The third-order valence-electron chi connectivity index (χ3n) is 3.72. The first-order valence-corrected chi connectivity index (χ1v) is 6.84. The van der Waals surface area contributed by atoms with Crippen molar-refractivity contribution in [1.29, 1.82) is 0 Å². The Labute approximate surface area is 113 Å². The summed E-state index contributed by atoms with van der Waals surface area (Å²) in [5.74, 6) is -0.306. The smallest absolute Gasteiger partial charge is 0.335 e. The molecule has 1 aliphatic heterocycles. The van der Waals surface area contributed by atoms with Gasteiger partial charge in [-0.25, -0.2) is 4.79 Å². The molecule has 1 aliphatic rings. The molecule has 0 amide bonds. The molecule has 2 N–H and O–H groups in total. The average Bonchev–Trinajstić information content (AvgIpc) is 2.40. The predicted molar refractivity (Wildman–Crippen MR) is 73.1 cm³/mol. The number of carboxylic acid groups (broad SMARTS) is 1. The number of benzene rings is 1. The molecule has 0 aromatic heterocycles. The fourth-order valence-electron chi connectivity index (χ4n) is 2.77. The molecule has 1 aromatic rings. The maximum atomic E-state index is 10.9. The molecule has 0 bridgehead atoms. The fourth-order valence-corrected chi connectivity index (χ4v) is 2.77. The second kappa shape index (κ2) is 6.68. The number of piperidine rings is 1. The summed E-state index contributed by atoms with van der Waals surface area (Å²) >= 11 is 0. The van der Waals surface area contributed by atoms with Crippen molar-refractivity contribution in [3.63, 3.8) is 0 Å². The van der Waals surface area contributed by atoms with Crippen molar-refractivity contribution in [2.45, 2.75) is 25.8 Å². The Morgan fingerprint density at radius 1 is 1.42 bits per heavy atom. The van der Waals surface area contributed by atoms with Gasteiger partial charge in [-0.05, 0) is 49.4 Å². The summed E-state index contributed by atoms with van der Waals surface area (Å²) in [7, 11) is 0. The Bertz CT molecular complexity index is 431. The van der Waals surface area contributed by atoms with Gasteiger partial charge in [0.05, 0.1) is 5.56 Å². The van der Waals surface area contributed by atoms with Crippen molar-refractivity contribution >= 4 is 5.97 Å². The van der Waals surface area contributed by atoms with Gasteiger partial charge >= 0.3 is 5.97 Å². The third kappa shape index (κ3) is 4.04. The first kappa shape index (κ1) is 14.0. The summed E-state index contributed by atoms with van der Waals surface area (Å²) in [5.41, 5.74) is 1.39. The summed E-state index contributed by atoms with van der Waals surface area (Å²) in [4.78, 5) is 13.3. The first-order valence-electron chi connectivity index (χ1n) is 6.84. The lowest BCUT2D eigenvalue weighted by atomic mass is 9.95. The molecule has 19 heavy (non-hydrogen) atoms. The fraction of sp³-hybridized carbons (Fsp3) is 0.533. The van der Waals surface area contributed by atoms with Crippen LogP contribution < -0.4 is 0 Å². The summed E-state index contributed by atoms with van der Waals surface area (Å²) < 4.78 is 0. The van der Waals surface area contributed by atoms with E-state index in [0.29, 0.717) is 11.5 Å². The van der Waals surface area contributed by atoms with Gasteiger partial charge in [0, 0.05) is 19.7 Å². The van der Waals surface area contributed by atoms with Crippen molar-refractivity contribution in [3.05, 3.63) is 35.4 Å². The molecule has 1 fully saturated rings. The maximum Gasteiger partial charge on any atom is 0.335 e. The standard InChI is InChI=1S/C15H21NO3/c17-8-6-12-4-2-7-16(10-12)11-13-3-1-5-14(9-13)15(18)19/h1,3,5,9,12,17H,2,4,6-8,10-11H2,(H,18,19). The number of likely N-dealkylation sites (tertiary alicyclic amines) is 1. The number of aromatic carboxylic acids is 1. The Morgan fingerprint density at radius 2 is 2.26 bits per heavy atom. The van der Waals surface area contributed by atoms with E-state index in [0.717, 1.165) is 38.0 Å². The second-order valence-electron chi connectivity index (χ2n) is 5.26. The maximum absolute atomic E-state index is 10.9. The lowest BCUT2D eigenvalue weighted by Crippen LogP contribution is -2.35. The number of hydrogen-bond acceptors (Lipinski definition) is 3. The molecule has 4 heteroatoms. The molecule has 0 radical (unpaired) electrons. The minimum atomic E-state index is -0.876. The molecule has 0 aliphatic carbocycles. The summed E-state index contributed by atoms with van der Waals surface area (Å²) in [5, 5.41) is 18.0. The van der Waals surface area contributed by atoms with Crippen molar-refractivity contribution in [2.24, 2.45) is 5.92 Å². The molecule has 4 nitrogen and oxygen atoms in total. The Kier molecular flexibility index (Phi) is 4.93. The van der Waals surface area contributed by atoms with E-state index in [9.17, 15) is 4.79 Å². The molecule has 0 spiro atoms. The number of carbonyl (C=O) groups is 1. The van der Waals surface area contributed by atoms with Crippen LogP contribution in [0.5, 0.6) is 0 Å². The summed E-state index contributed by atoms with van der Waals surface area (Å²) in [6.07, 6.45) is 3.21. The largest absolute Gasteiger partial charge is 0.478 e. The predicted octanol–water partition coefficient (Wildman–Crippen LogP) is 1.98. The van der Waals surface area contributed by atoms with Crippen LogP contribution in [0.2, 0.25) is 0 Å². The zero-order valence-electron chi connectivity index (χ0n) is 11.1. The van der Waals surface area contributed by atoms with Crippen LogP contribution in [-0.2, 0) is 6.54 Å². The monoisotopic (exact) mass is 263 g/mol. The van der Waals surface area contributed by atoms with Crippen LogP contribution in [0.15, 0.2) is 24.3 Å². The van der Waals surface area contributed by atoms with Crippen molar-refractivity contribution < 1.29 is 15.0 Å². The number of nitrogens with zero attached hydrogens (tertiary/aromatic N) is 1. The Hall–Kier alpha value is -1.39. The van der Waals surface area contributed by atoms with E-state index < -0.39 is 5.97 Å². The first-order chi connectivity index (χ1) is 9.19. The van der Waals surface area contributed by atoms with E-state index in [1.54, 1.807) is 18.2 Å². The van der Waals surface area contributed by atoms with E-state index in [2.05, 4.69) is 4.90 Å². The normalized spacial score (nSPS) is 20.4. The van der Waals surface area contributed by atoms with Gasteiger partial charge in [-0.3, -0.25) is 4.90 Å². The molecule has 1 heterocycles. The van der Waals surface area contributed by atoms with Crippen LogP contribution >= 0.6 is 0 Å². The van der Waals surface area contributed by atoms with Crippen LogP contribution in [0.4, 0.5) is 0 Å². The van der Waals surface area contributed by atoms with Crippen LogP contribution in [0, 0.1) is 5.92 Å². The van der Waals surface area contributed by atoms with Crippen molar-refractivity contribution in [2.75, 3.05) is 19.7 Å². The number of rotatable bonds is 5. The number of aliphatic hydroxyl groups excluding tert-OH is 1. The summed E-state index contributed by atoms with van der Waals surface area (Å²) in [6.45, 7) is 3.10. The van der Waals surface area contributed by atoms with Gasteiger partial charge in [-0.2, -0.15) is 0 Å². The number of aliphatic hydroxyl groups is 1. The third-order valence-corrected chi connectivity index (χ3v) is 3.72. The minimum Gasteiger partial charge on any atom is -0.478 e. The number of hydrogen-bond donors (Lipinski definition) is 2. The van der Waals surface area contributed by atoms with Crippen LogP contribution in [0.25, 0.3) is 0 Å². The minimum absolute atomic E-state index is 0.257. The van der Waals surface area contributed by atoms with E-state index in [1.165, 1.54) is 6.42 Å². The molecular weight excluding hydrogens is 242 g/mol. The quantitative estimate of drug-likeness (QED) is 0.852. The van der Waals surface area contributed by atoms with Gasteiger partial charge in [0.2, 0.25) is 0 Å². The molecule has 104 valence electrons. The van der Waals surface area contributed by atoms with E-state index in [4.69, 9.17) is 10.2 Å². The molecule has 1 saturated heterocycles. The van der Waals surface area contributed by atoms with Gasteiger partial charge < -0.3 is 10.2 Å². The number of carboxylic acids is 1. The Morgan fingerprint density at radius 3 is 3.00 bits per heavy atom. The lowest BCUT2D eigenvalue weighted by molar-refractivity contribution is 0.0696. The lowest BCUT2D eigenvalue weighted by Gasteiger charge is -2.32. The van der Waals surface area contributed by atoms with Crippen LogP contribution in [0.3, 0.4) is 0 Å². The van der Waals surface area contributed by atoms with Crippen LogP contribution in [0.1, 0.15) is 35.2 Å². The molecule has 1 aromatic carbocycles. The SMILES string of the molecule is O=C(O)c1cccc(CN2CCCC(CCO)C2)c1. The molecule has 2 rings (SSSR count). The van der Waals surface area contributed by atoms with Gasteiger partial charge in [0.25, 0.3) is 0 Å². The highest BCUT2D eigenvalue weighted by Gasteiger charge is 2.19. The van der Waals surface area contributed by atoms with E-state index >= 15 is 0 Å². The van der Waals surface area contributed by atoms with E-state index in [-0.39, 0.29) is 6.61 Å². The Balaban J connectivity index is 1.96. The van der Waals surface area contributed by atoms with Gasteiger partial charge in [0.1, 0.15) is 0 Å². The molecule has 0 saturated carbocycles. The van der Waals surface area contributed by atoms with Gasteiger partial charge in [-0.15, -0.1) is 0 Å². The molecule has 1 atom stereocenters. The van der Waals surface area contributed by atoms with Crippen molar-refractivity contribution in [1.82, 2.24) is 4.90 Å². The van der Waals surface area contributed by atoms with Gasteiger partial charge in [0.15, 0.2) is 0 Å². The zero-order valence-corrected chi connectivity index (χ0v) is 11.1. The van der Waals surface area contributed by atoms with Crippen molar-refractivity contribution in [3.8, 4) is 0 Å². The molecular formula is C15H21NO3. The topological polar surface area (TPSA) is 60.8 Å². The zero-order chi connectivity index (χ0) is 13.7. The van der Waals surface area contributed by atoms with Crippen LogP contribution in [-0.4, -0.2) is 40.8 Å². The summed E-state index contributed by atoms with van der Waals surface area (Å²) in [6, 6.07) is 7.14.